The summed E-state index contributed by atoms with van der Waals surface area (Å²) in [6.45, 7) is 0. The van der Waals surface area contributed by atoms with Crippen molar-refractivity contribution in [3.63, 3.8) is 0 Å². The summed E-state index contributed by atoms with van der Waals surface area (Å²) in [7, 11) is 3.96. The standard InChI is InChI=1S/C20H18FN3O4S/c1-26-14-9-15(17(21)16(10-14)27-2)18(19(29-4)24-20(25)28-3)23-13-7-5-12(11-22)6-8-13/h5-10H,1-4H3/b23-18?,24-19-. The fraction of sp³-hybridized carbons (Fsp3) is 0.200. The minimum absolute atomic E-state index is 0.0302. The van der Waals surface area contributed by atoms with E-state index in [2.05, 4.69) is 14.7 Å². The highest BCUT2D eigenvalue weighted by Crippen LogP contribution is 2.30. The molecule has 7 nitrogen and oxygen atoms in total. The van der Waals surface area contributed by atoms with Gasteiger partial charge in [-0.2, -0.15) is 10.3 Å². The average Bonchev–Trinajstić information content (AvgIpc) is 2.76. The fourth-order valence-corrected chi connectivity index (χ4v) is 2.81. The summed E-state index contributed by atoms with van der Waals surface area (Å²) in [5.41, 5.74) is 1.00. The molecule has 2 rings (SSSR count). The maximum Gasteiger partial charge on any atom is 0.434 e. The van der Waals surface area contributed by atoms with Crippen LogP contribution in [0.3, 0.4) is 0 Å². The van der Waals surface area contributed by atoms with Gasteiger partial charge in [-0.1, -0.05) is 0 Å². The van der Waals surface area contributed by atoms with Gasteiger partial charge in [-0.15, -0.1) is 11.8 Å². The predicted molar refractivity (Wildman–Crippen MR) is 110 cm³/mol. The van der Waals surface area contributed by atoms with Gasteiger partial charge in [-0.25, -0.2) is 14.2 Å². The van der Waals surface area contributed by atoms with E-state index < -0.39 is 11.9 Å². The SMILES string of the molecule is COC(=O)/N=C(\SC)C(=Nc1ccc(C#N)cc1)c1cc(OC)cc(OC)c1F. The number of halogens is 1. The lowest BCUT2D eigenvalue weighted by molar-refractivity contribution is 0.183. The first kappa shape index (κ1) is 21.9. The Kier molecular flexibility index (Phi) is 7.74. The van der Waals surface area contributed by atoms with Crippen LogP contribution in [0.2, 0.25) is 0 Å². The molecule has 0 N–H and O–H groups in total. The van der Waals surface area contributed by atoms with Crippen LogP contribution in [-0.2, 0) is 4.74 Å². The van der Waals surface area contributed by atoms with Gasteiger partial charge in [0.05, 0.1) is 38.6 Å². The van der Waals surface area contributed by atoms with Gasteiger partial charge in [-0.3, -0.25) is 0 Å². The summed E-state index contributed by atoms with van der Waals surface area (Å²) < 4.78 is 30.0. The molecule has 0 saturated heterocycles. The van der Waals surface area contributed by atoms with Crippen LogP contribution in [0, 0.1) is 17.1 Å². The first-order chi connectivity index (χ1) is 14.0. The topological polar surface area (TPSA) is 93.3 Å². The van der Waals surface area contributed by atoms with E-state index in [1.165, 1.54) is 33.5 Å². The quantitative estimate of drug-likeness (QED) is 0.532. The Labute approximate surface area is 171 Å². The second-order valence-electron chi connectivity index (χ2n) is 5.40. The predicted octanol–water partition coefficient (Wildman–Crippen LogP) is 4.36. The summed E-state index contributed by atoms with van der Waals surface area (Å²) in [4.78, 5) is 20.1. The molecule has 0 unspecified atom stereocenters. The molecule has 0 saturated carbocycles. The Balaban J connectivity index is 2.76. The van der Waals surface area contributed by atoms with E-state index in [1.807, 2.05) is 6.07 Å². The van der Waals surface area contributed by atoms with Gasteiger partial charge in [0.15, 0.2) is 11.6 Å². The number of thioether (sulfide) groups is 1. The van der Waals surface area contributed by atoms with E-state index in [-0.39, 0.29) is 22.1 Å². The molecule has 29 heavy (non-hydrogen) atoms. The van der Waals surface area contributed by atoms with E-state index in [0.29, 0.717) is 17.0 Å². The Hall–Kier alpha value is -3.38. The van der Waals surface area contributed by atoms with Gasteiger partial charge in [0.2, 0.25) is 0 Å². The third kappa shape index (κ3) is 5.33. The third-order valence-corrected chi connectivity index (χ3v) is 4.40. The number of rotatable bonds is 5. The molecule has 0 aliphatic rings. The van der Waals surface area contributed by atoms with Crippen LogP contribution in [0.4, 0.5) is 14.9 Å². The smallest absolute Gasteiger partial charge is 0.434 e. The molecule has 0 aliphatic heterocycles. The Morgan fingerprint density at radius 3 is 2.34 bits per heavy atom. The van der Waals surface area contributed by atoms with E-state index in [1.54, 1.807) is 30.5 Å². The van der Waals surface area contributed by atoms with E-state index >= 15 is 4.39 Å². The molecule has 0 heterocycles. The number of nitrogens with zero attached hydrogens (tertiary/aromatic N) is 3. The van der Waals surface area contributed by atoms with Crippen molar-refractivity contribution < 1.29 is 23.4 Å². The largest absolute Gasteiger partial charge is 0.497 e. The van der Waals surface area contributed by atoms with Crippen molar-refractivity contribution in [1.29, 1.82) is 5.26 Å². The molecular weight excluding hydrogens is 397 g/mol. The average molecular weight is 415 g/mol. The summed E-state index contributed by atoms with van der Waals surface area (Å²) >= 11 is 1.10. The summed E-state index contributed by atoms with van der Waals surface area (Å²) in [5, 5.41) is 9.09. The van der Waals surface area contributed by atoms with Crippen molar-refractivity contribution in [2.45, 2.75) is 0 Å². The van der Waals surface area contributed by atoms with Crippen molar-refractivity contribution in [2.24, 2.45) is 9.98 Å². The van der Waals surface area contributed by atoms with Crippen molar-refractivity contribution in [2.75, 3.05) is 27.6 Å². The highest BCUT2D eigenvalue weighted by Gasteiger charge is 2.22. The molecule has 2 aromatic rings. The zero-order valence-corrected chi connectivity index (χ0v) is 17.0. The number of hydrogen-bond donors (Lipinski definition) is 0. The molecule has 2 aromatic carbocycles. The molecular formula is C20H18FN3O4S. The van der Waals surface area contributed by atoms with Gasteiger partial charge in [0, 0.05) is 11.6 Å². The van der Waals surface area contributed by atoms with Gasteiger partial charge in [-0.05, 0) is 36.6 Å². The van der Waals surface area contributed by atoms with Crippen LogP contribution in [0.15, 0.2) is 46.4 Å². The monoisotopic (exact) mass is 415 g/mol. The lowest BCUT2D eigenvalue weighted by Gasteiger charge is -2.13. The minimum atomic E-state index is -0.850. The van der Waals surface area contributed by atoms with E-state index in [9.17, 15) is 4.79 Å². The Bertz CT molecular complexity index is 998. The number of aliphatic imine (C=N–C) groups is 2. The summed E-state index contributed by atoms with van der Waals surface area (Å²) in [6.07, 6.45) is 0.822. The lowest BCUT2D eigenvalue weighted by Crippen LogP contribution is -2.16. The van der Waals surface area contributed by atoms with Gasteiger partial charge < -0.3 is 14.2 Å². The molecule has 0 aromatic heterocycles. The number of ether oxygens (including phenoxy) is 3. The van der Waals surface area contributed by atoms with E-state index in [4.69, 9.17) is 14.7 Å². The van der Waals surface area contributed by atoms with E-state index in [0.717, 1.165) is 11.8 Å². The maximum absolute atomic E-state index is 15.1. The van der Waals surface area contributed by atoms with Gasteiger partial charge >= 0.3 is 6.09 Å². The molecule has 0 aliphatic carbocycles. The molecule has 150 valence electrons. The molecule has 0 radical (unpaired) electrons. The lowest BCUT2D eigenvalue weighted by atomic mass is 10.1. The van der Waals surface area contributed by atoms with Crippen LogP contribution < -0.4 is 9.47 Å². The number of amides is 1. The van der Waals surface area contributed by atoms with Crippen LogP contribution in [0.25, 0.3) is 0 Å². The third-order valence-electron chi connectivity index (χ3n) is 3.72. The number of carbonyl (C=O) groups is 1. The highest BCUT2D eigenvalue weighted by molar-refractivity contribution is 8.15. The highest BCUT2D eigenvalue weighted by atomic mass is 32.2. The first-order valence-electron chi connectivity index (χ1n) is 8.19. The van der Waals surface area contributed by atoms with Crippen LogP contribution in [0.5, 0.6) is 11.5 Å². The van der Waals surface area contributed by atoms with Crippen molar-refractivity contribution >= 4 is 34.3 Å². The zero-order chi connectivity index (χ0) is 21.4. The first-order valence-corrected chi connectivity index (χ1v) is 9.41. The van der Waals surface area contributed by atoms with Crippen LogP contribution in [0.1, 0.15) is 11.1 Å². The normalized spacial score (nSPS) is 11.6. The minimum Gasteiger partial charge on any atom is -0.497 e. The molecule has 1 amide bonds. The molecule has 0 spiro atoms. The van der Waals surface area contributed by atoms with Crippen molar-refractivity contribution in [3.8, 4) is 17.6 Å². The molecule has 0 fully saturated rings. The maximum atomic E-state index is 15.1. The fourth-order valence-electron chi connectivity index (χ4n) is 2.30. The number of nitriles is 1. The van der Waals surface area contributed by atoms with Crippen molar-refractivity contribution in [1.82, 2.24) is 0 Å². The van der Waals surface area contributed by atoms with Crippen LogP contribution >= 0.6 is 11.8 Å². The Morgan fingerprint density at radius 2 is 1.83 bits per heavy atom. The number of benzene rings is 2. The number of methoxy groups -OCH3 is 3. The molecule has 9 heteroatoms. The van der Waals surface area contributed by atoms with Crippen molar-refractivity contribution in [3.05, 3.63) is 53.3 Å². The second-order valence-corrected chi connectivity index (χ2v) is 6.20. The number of hydrogen-bond acceptors (Lipinski definition) is 7. The molecule has 0 bridgehead atoms. The Morgan fingerprint density at radius 1 is 1.14 bits per heavy atom. The van der Waals surface area contributed by atoms with Gasteiger partial charge in [0.1, 0.15) is 16.5 Å². The van der Waals surface area contributed by atoms with Crippen LogP contribution in [-0.4, -0.2) is 44.4 Å². The molecule has 0 atom stereocenters. The second kappa shape index (κ2) is 10.2. The number of carbonyl (C=O) groups excluding carboxylic acids is 1. The zero-order valence-electron chi connectivity index (χ0n) is 16.2. The summed E-state index contributed by atoms with van der Waals surface area (Å²) in [5.74, 6) is -0.401. The summed E-state index contributed by atoms with van der Waals surface area (Å²) in [6, 6.07) is 11.2. The van der Waals surface area contributed by atoms with Gasteiger partial charge in [0.25, 0.3) is 0 Å².